The minimum atomic E-state index is -0.372. The average Bonchev–Trinajstić information content (AvgIpc) is 3.22. The van der Waals surface area contributed by atoms with E-state index in [1.54, 1.807) is 7.05 Å². The number of hydrogen-bond donors (Lipinski definition) is 0. The zero-order valence-electron chi connectivity index (χ0n) is 17.5. The van der Waals surface area contributed by atoms with E-state index in [0.717, 1.165) is 6.42 Å². The highest BCUT2D eigenvalue weighted by Gasteiger charge is 2.27. The third-order valence-electron chi connectivity index (χ3n) is 5.15. The number of anilines is 1. The second kappa shape index (κ2) is 8.81. The molecule has 29 heavy (non-hydrogen) atoms. The van der Waals surface area contributed by atoms with Gasteiger partial charge in [-0.3, -0.25) is 18.7 Å². The number of esters is 1. The molecule has 0 aliphatic carbocycles. The Morgan fingerprint density at radius 1 is 1.24 bits per heavy atom. The summed E-state index contributed by atoms with van der Waals surface area (Å²) in [4.78, 5) is 43.3. The van der Waals surface area contributed by atoms with E-state index >= 15 is 0 Å². The van der Waals surface area contributed by atoms with E-state index in [-0.39, 0.29) is 23.3 Å². The zero-order chi connectivity index (χ0) is 21.1. The number of carbonyl (C=O) groups is 1. The fraction of sp³-hybridized carbons (Fsp3) is 0.684. The van der Waals surface area contributed by atoms with Crippen molar-refractivity contribution in [1.82, 2.24) is 18.7 Å². The van der Waals surface area contributed by atoms with Crippen LogP contribution in [0.15, 0.2) is 9.59 Å². The molecule has 3 heterocycles. The van der Waals surface area contributed by atoms with E-state index in [9.17, 15) is 14.4 Å². The molecule has 0 amide bonds. The summed E-state index contributed by atoms with van der Waals surface area (Å²) in [5, 5.41) is 0. The molecule has 3 rings (SSSR count). The summed E-state index contributed by atoms with van der Waals surface area (Å²) in [6.45, 7) is 7.81. The van der Waals surface area contributed by atoms with Gasteiger partial charge in [0.1, 0.15) is 6.73 Å². The molecule has 10 nitrogen and oxygen atoms in total. The first-order chi connectivity index (χ1) is 13.8. The van der Waals surface area contributed by atoms with Crippen LogP contribution in [-0.4, -0.2) is 50.6 Å². The summed E-state index contributed by atoms with van der Waals surface area (Å²) in [6.07, 6.45) is 1.90. The Bertz CT molecular complexity index is 1010. The van der Waals surface area contributed by atoms with Gasteiger partial charge in [-0.15, -0.1) is 0 Å². The van der Waals surface area contributed by atoms with Crippen LogP contribution in [0.5, 0.6) is 0 Å². The molecule has 2 aromatic heterocycles. The highest BCUT2D eigenvalue weighted by Crippen LogP contribution is 2.24. The van der Waals surface area contributed by atoms with Crippen LogP contribution >= 0.6 is 0 Å². The lowest BCUT2D eigenvalue weighted by molar-refractivity contribution is -0.145. The highest BCUT2D eigenvalue weighted by atomic mass is 16.5. The summed E-state index contributed by atoms with van der Waals surface area (Å²) >= 11 is 0. The van der Waals surface area contributed by atoms with E-state index in [1.807, 2.05) is 23.3 Å². The van der Waals surface area contributed by atoms with Crippen LogP contribution in [0, 0.1) is 0 Å². The molecule has 0 radical (unpaired) electrons. The van der Waals surface area contributed by atoms with Crippen molar-refractivity contribution in [2.45, 2.75) is 59.2 Å². The Kier molecular flexibility index (Phi) is 6.41. The van der Waals surface area contributed by atoms with Crippen molar-refractivity contribution in [1.29, 1.82) is 0 Å². The van der Waals surface area contributed by atoms with Gasteiger partial charge in [0.25, 0.3) is 5.56 Å². The molecular weight excluding hydrogens is 378 g/mol. The van der Waals surface area contributed by atoms with Gasteiger partial charge in [0.2, 0.25) is 5.95 Å². The maximum Gasteiger partial charge on any atom is 0.332 e. The largest absolute Gasteiger partial charge is 0.463 e. The van der Waals surface area contributed by atoms with Crippen LogP contribution in [0.1, 0.15) is 40.0 Å². The van der Waals surface area contributed by atoms with Crippen molar-refractivity contribution in [2.24, 2.45) is 7.05 Å². The van der Waals surface area contributed by atoms with Gasteiger partial charge in [-0.2, -0.15) is 4.98 Å². The molecule has 1 aliphatic heterocycles. The van der Waals surface area contributed by atoms with Gasteiger partial charge in [-0.1, -0.05) is 0 Å². The maximum absolute atomic E-state index is 13.1. The smallest absolute Gasteiger partial charge is 0.332 e. The first kappa shape index (κ1) is 21.1. The standard InChI is InChI=1S/C19H29N5O5/c1-5-28-12-22-10-11-23-15-16(20-18(22)23)21(4)19(27)24(17(15)26)9-7-6-8-13(2)29-14(3)25/h13H,5-12H2,1-4H3/t13-/m1/s1. The van der Waals surface area contributed by atoms with Gasteiger partial charge < -0.3 is 18.9 Å². The number of imidazole rings is 1. The molecule has 1 atom stereocenters. The lowest BCUT2D eigenvalue weighted by Crippen LogP contribution is -2.39. The van der Waals surface area contributed by atoms with Gasteiger partial charge in [-0.05, 0) is 33.1 Å². The van der Waals surface area contributed by atoms with E-state index in [2.05, 4.69) is 4.98 Å². The van der Waals surface area contributed by atoms with E-state index in [4.69, 9.17) is 9.47 Å². The van der Waals surface area contributed by atoms with Crippen LogP contribution in [0.3, 0.4) is 0 Å². The molecule has 160 valence electrons. The predicted molar refractivity (Wildman–Crippen MR) is 108 cm³/mol. The van der Waals surface area contributed by atoms with Crippen LogP contribution < -0.4 is 16.1 Å². The summed E-state index contributed by atoms with van der Waals surface area (Å²) in [7, 11) is 1.64. The third-order valence-corrected chi connectivity index (χ3v) is 5.15. The fourth-order valence-electron chi connectivity index (χ4n) is 3.70. The van der Waals surface area contributed by atoms with Crippen molar-refractivity contribution in [3.05, 3.63) is 20.8 Å². The molecule has 0 bridgehead atoms. The summed E-state index contributed by atoms with van der Waals surface area (Å²) in [5.74, 6) is 0.356. The lowest BCUT2D eigenvalue weighted by Gasteiger charge is -2.14. The Morgan fingerprint density at radius 2 is 2.00 bits per heavy atom. The average molecular weight is 407 g/mol. The number of rotatable bonds is 9. The third kappa shape index (κ3) is 4.21. The minimum Gasteiger partial charge on any atom is -0.463 e. The van der Waals surface area contributed by atoms with Crippen molar-refractivity contribution >= 4 is 23.1 Å². The van der Waals surface area contributed by atoms with Crippen molar-refractivity contribution in [3.63, 3.8) is 0 Å². The van der Waals surface area contributed by atoms with Crippen LogP contribution in [-0.2, 0) is 34.4 Å². The van der Waals surface area contributed by atoms with E-state index in [0.29, 0.717) is 62.9 Å². The number of ether oxygens (including phenoxy) is 2. The summed E-state index contributed by atoms with van der Waals surface area (Å²) in [5.41, 5.74) is 0.169. The molecule has 10 heteroatoms. The quantitative estimate of drug-likeness (QED) is 0.448. The van der Waals surface area contributed by atoms with Crippen molar-refractivity contribution in [3.8, 4) is 0 Å². The van der Waals surface area contributed by atoms with Crippen molar-refractivity contribution in [2.75, 3.05) is 24.8 Å². The molecule has 2 aromatic rings. The van der Waals surface area contributed by atoms with Crippen LogP contribution in [0.4, 0.5) is 5.95 Å². The van der Waals surface area contributed by atoms with Crippen molar-refractivity contribution < 1.29 is 14.3 Å². The number of carbonyl (C=O) groups excluding carboxylic acids is 1. The second-order valence-electron chi connectivity index (χ2n) is 7.34. The minimum absolute atomic E-state index is 0.177. The normalized spacial score (nSPS) is 14.4. The molecule has 0 unspecified atom stereocenters. The van der Waals surface area contributed by atoms with Gasteiger partial charge in [-0.25, -0.2) is 4.79 Å². The number of unbranched alkanes of at least 4 members (excludes halogenated alkanes) is 1. The lowest BCUT2D eigenvalue weighted by atomic mass is 10.2. The fourth-order valence-corrected chi connectivity index (χ4v) is 3.70. The summed E-state index contributed by atoms with van der Waals surface area (Å²) in [6, 6.07) is 0. The number of hydrogen-bond acceptors (Lipinski definition) is 7. The predicted octanol–water partition coefficient (Wildman–Crippen LogP) is 0.833. The number of aromatic nitrogens is 4. The van der Waals surface area contributed by atoms with Gasteiger partial charge in [0, 0.05) is 40.2 Å². The first-order valence-electron chi connectivity index (χ1n) is 10.0. The van der Waals surface area contributed by atoms with Crippen LogP contribution in [0.25, 0.3) is 11.2 Å². The Morgan fingerprint density at radius 3 is 2.69 bits per heavy atom. The maximum atomic E-state index is 13.1. The number of fused-ring (bicyclic) bond motifs is 3. The summed E-state index contributed by atoms with van der Waals surface area (Å²) < 4.78 is 15.2. The van der Waals surface area contributed by atoms with E-state index in [1.165, 1.54) is 16.1 Å². The van der Waals surface area contributed by atoms with Gasteiger partial charge in [0.05, 0.1) is 6.10 Å². The Balaban J connectivity index is 1.82. The van der Waals surface area contributed by atoms with E-state index < -0.39 is 0 Å². The van der Waals surface area contributed by atoms with Gasteiger partial charge in [0.15, 0.2) is 11.2 Å². The molecule has 0 spiro atoms. The molecule has 0 fully saturated rings. The second-order valence-corrected chi connectivity index (χ2v) is 7.34. The first-order valence-corrected chi connectivity index (χ1v) is 10.0. The van der Waals surface area contributed by atoms with Gasteiger partial charge >= 0.3 is 11.7 Å². The molecule has 0 aromatic carbocycles. The number of nitrogens with zero attached hydrogens (tertiary/aromatic N) is 5. The number of aryl methyl sites for hydroxylation is 1. The zero-order valence-corrected chi connectivity index (χ0v) is 17.5. The molecule has 0 saturated heterocycles. The SMILES string of the molecule is CCOCN1CCn2c1nc1c2c(=O)n(CCCC[C@@H](C)OC(C)=O)c(=O)n1C. The Labute approximate surface area is 168 Å². The molecule has 1 aliphatic rings. The molecular formula is C19H29N5O5. The monoisotopic (exact) mass is 407 g/mol. The molecule has 0 N–H and O–H groups in total. The van der Waals surface area contributed by atoms with Crippen LogP contribution in [0.2, 0.25) is 0 Å². The Hall–Kier alpha value is -2.62. The topological polar surface area (TPSA) is 101 Å². The molecule has 0 saturated carbocycles. The highest BCUT2D eigenvalue weighted by molar-refractivity contribution is 5.75.